The summed E-state index contributed by atoms with van der Waals surface area (Å²) in [5.74, 6) is -0.256. The minimum atomic E-state index is -0.256. The highest BCUT2D eigenvalue weighted by molar-refractivity contribution is 6.00. The minimum Gasteiger partial charge on any atom is -0.267 e. The average Bonchev–Trinajstić information content (AvgIpc) is 2.61. The highest BCUT2D eigenvalue weighted by Crippen LogP contribution is 2.09. The van der Waals surface area contributed by atoms with Gasteiger partial charge in [0.25, 0.3) is 5.91 Å². The maximum atomic E-state index is 11.9. The van der Waals surface area contributed by atoms with Gasteiger partial charge in [0.05, 0.1) is 11.3 Å². The second-order valence-electron chi connectivity index (χ2n) is 5.53. The summed E-state index contributed by atoms with van der Waals surface area (Å²) < 4.78 is 0. The molecule has 1 heterocycles. The first-order valence-electron chi connectivity index (χ1n) is 8.04. The lowest BCUT2D eigenvalue weighted by Gasteiger charge is -2.05. The Morgan fingerprint density at radius 1 is 1.13 bits per heavy atom. The number of aromatic nitrogens is 1. The topological polar surface area (TPSA) is 54.4 Å². The number of hydrogen-bond acceptors (Lipinski definition) is 3. The van der Waals surface area contributed by atoms with E-state index >= 15 is 0 Å². The highest BCUT2D eigenvalue weighted by Gasteiger charge is 2.04. The van der Waals surface area contributed by atoms with E-state index < -0.39 is 0 Å². The quantitative estimate of drug-likeness (QED) is 0.478. The number of aryl methyl sites for hydroxylation is 1. The molecule has 2 aromatic rings. The van der Waals surface area contributed by atoms with Crippen molar-refractivity contribution in [3.8, 4) is 0 Å². The van der Waals surface area contributed by atoms with Crippen LogP contribution < -0.4 is 5.43 Å². The Balaban J connectivity index is 1.94. The first-order valence-corrected chi connectivity index (χ1v) is 8.04. The van der Waals surface area contributed by atoms with Crippen molar-refractivity contribution in [2.24, 2.45) is 5.10 Å². The fourth-order valence-electron chi connectivity index (χ4n) is 2.25. The molecule has 1 N–H and O–H groups in total. The normalized spacial score (nSPS) is 11.3. The van der Waals surface area contributed by atoms with E-state index in [0.717, 1.165) is 17.7 Å². The number of benzene rings is 1. The summed E-state index contributed by atoms with van der Waals surface area (Å²) in [6.07, 6.45) is 7.99. The van der Waals surface area contributed by atoms with Crippen LogP contribution in [0, 0.1) is 0 Å². The molecule has 0 spiro atoms. The zero-order valence-electron chi connectivity index (χ0n) is 13.7. The van der Waals surface area contributed by atoms with E-state index in [4.69, 9.17) is 0 Å². The van der Waals surface area contributed by atoms with Crippen molar-refractivity contribution in [3.63, 3.8) is 0 Å². The third-order valence-electron chi connectivity index (χ3n) is 3.69. The van der Waals surface area contributed by atoms with Crippen LogP contribution in [-0.2, 0) is 6.42 Å². The predicted octanol–water partition coefficient (Wildman–Crippen LogP) is 3.97. The van der Waals surface area contributed by atoms with Crippen LogP contribution in [-0.4, -0.2) is 16.6 Å². The van der Waals surface area contributed by atoms with Crippen LogP contribution >= 0.6 is 0 Å². The summed E-state index contributed by atoms with van der Waals surface area (Å²) in [6.45, 7) is 4.10. The Hall–Kier alpha value is -2.49. The molecule has 23 heavy (non-hydrogen) atoms. The van der Waals surface area contributed by atoms with Gasteiger partial charge in [-0.25, -0.2) is 5.43 Å². The van der Waals surface area contributed by atoms with Crippen molar-refractivity contribution >= 4 is 11.6 Å². The Bertz CT molecular complexity index is 648. The molecule has 120 valence electrons. The van der Waals surface area contributed by atoms with Gasteiger partial charge < -0.3 is 0 Å². The minimum absolute atomic E-state index is 0.256. The van der Waals surface area contributed by atoms with E-state index in [9.17, 15) is 4.79 Å². The number of nitrogens with zero attached hydrogens (tertiary/aromatic N) is 2. The lowest BCUT2D eigenvalue weighted by Crippen LogP contribution is -2.19. The molecule has 0 saturated heterocycles. The van der Waals surface area contributed by atoms with E-state index in [1.165, 1.54) is 31.0 Å². The number of unbranched alkanes of at least 4 members (excludes halogenated alkanes) is 2. The summed E-state index contributed by atoms with van der Waals surface area (Å²) in [7, 11) is 0. The van der Waals surface area contributed by atoms with Crippen LogP contribution in [0.2, 0.25) is 0 Å². The molecule has 1 amide bonds. The van der Waals surface area contributed by atoms with Gasteiger partial charge >= 0.3 is 0 Å². The fourth-order valence-corrected chi connectivity index (χ4v) is 2.25. The number of amides is 1. The molecule has 2 rings (SSSR count). The Morgan fingerprint density at radius 3 is 2.57 bits per heavy atom. The molecule has 0 radical (unpaired) electrons. The number of carbonyl (C=O) groups is 1. The highest BCUT2D eigenvalue weighted by atomic mass is 16.2. The van der Waals surface area contributed by atoms with Crippen molar-refractivity contribution in [2.45, 2.75) is 39.5 Å². The first-order chi connectivity index (χ1) is 11.2. The molecule has 0 aliphatic rings. The number of hydrogen-bond donors (Lipinski definition) is 1. The molecule has 0 aliphatic carbocycles. The van der Waals surface area contributed by atoms with Crippen LogP contribution in [0.25, 0.3) is 0 Å². The Kier molecular flexibility index (Phi) is 6.48. The van der Waals surface area contributed by atoms with E-state index in [1.54, 1.807) is 18.3 Å². The predicted molar refractivity (Wildman–Crippen MR) is 93.6 cm³/mol. The molecule has 0 atom stereocenters. The second kappa shape index (κ2) is 8.83. The number of nitrogens with one attached hydrogen (secondary N) is 1. The van der Waals surface area contributed by atoms with Gasteiger partial charge in [-0.3, -0.25) is 9.78 Å². The smallest absolute Gasteiger partial charge is 0.267 e. The second-order valence-corrected chi connectivity index (χ2v) is 5.53. The van der Waals surface area contributed by atoms with Crippen molar-refractivity contribution < 1.29 is 4.79 Å². The standard InChI is InChI=1S/C19H23N3O/c1-3-4-5-7-16-9-11-17(12-10-16)15(2)21-22-19(23)18-8-6-13-20-14-18/h6,8-14H,3-5,7H2,1-2H3,(H,22,23)/b21-15+. The van der Waals surface area contributed by atoms with Gasteiger partial charge in [0.1, 0.15) is 0 Å². The Labute approximate surface area is 137 Å². The molecular formula is C19H23N3O. The van der Waals surface area contributed by atoms with Crippen LogP contribution in [0.4, 0.5) is 0 Å². The van der Waals surface area contributed by atoms with Crippen LogP contribution in [0.3, 0.4) is 0 Å². The number of rotatable bonds is 7. The van der Waals surface area contributed by atoms with Gasteiger partial charge in [-0.1, -0.05) is 44.0 Å². The van der Waals surface area contributed by atoms with E-state index in [2.05, 4.69) is 46.7 Å². The van der Waals surface area contributed by atoms with Gasteiger partial charge in [-0.05, 0) is 43.0 Å². The molecular weight excluding hydrogens is 286 g/mol. The third kappa shape index (κ3) is 5.33. The maximum Gasteiger partial charge on any atom is 0.272 e. The average molecular weight is 309 g/mol. The lowest BCUT2D eigenvalue weighted by atomic mass is 10.0. The van der Waals surface area contributed by atoms with E-state index in [-0.39, 0.29) is 5.91 Å². The van der Waals surface area contributed by atoms with Crippen molar-refractivity contribution in [3.05, 3.63) is 65.5 Å². The van der Waals surface area contributed by atoms with Crippen LogP contribution in [0.5, 0.6) is 0 Å². The molecule has 0 fully saturated rings. The summed E-state index contributed by atoms with van der Waals surface area (Å²) in [5, 5.41) is 4.17. The molecule has 0 saturated carbocycles. The molecule has 0 bridgehead atoms. The van der Waals surface area contributed by atoms with Gasteiger partial charge in [-0.15, -0.1) is 0 Å². The number of carbonyl (C=O) groups excluding carboxylic acids is 1. The third-order valence-corrected chi connectivity index (χ3v) is 3.69. The fraction of sp³-hybridized carbons (Fsp3) is 0.316. The zero-order valence-corrected chi connectivity index (χ0v) is 13.7. The largest absolute Gasteiger partial charge is 0.272 e. The number of pyridine rings is 1. The van der Waals surface area contributed by atoms with Gasteiger partial charge in [0.15, 0.2) is 0 Å². The molecule has 0 aliphatic heterocycles. The Morgan fingerprint density at radius 2 is 1.91 bits per heavy atom. The van der Waals surface area contributed by atoms with Gasteiger partial charge in [0, 0.05) is 12.4 Å². The first kappa shape index (κ1) is 16.9. The summed E-state index contributed by atoms with van der Waals surface area (Å²) >= 11 is 0. The van der Waals surface area contributed by atoms with Crippen molar-refractivity contribution in [1.82, 2.24) is 10.4 Å². The lowest BCUT2D eigenvalue weighted by molar-refractivity contribution is 0.0954. The van der Waals surface area contributed by atoms with Gasteiger partial charge in [0.2, 0.25) is 0 Å². The van der Waals surface area contributed by atoms with E-state index in [0.29, 0.717) is 5.56 Å². The van der Waals surface area contributed by atoms with Crippen LogP contribution in [0.1, 0.15) is 54.6 Å². The summed E-state index contributed by atoms with van der Waals surface area (Å²) in [5.41, 5.74) is 6.19. The summed E-state index contributed by atoms with van der Waals surface area (Å²) in [6, 6.07) is 11.8. The monoisotopic (exact) mass is 309 g/mol. The maximum absolute atomic E-state index is 11.9. The van der Waals surface area contributed by atoms with E-state index in [1.807, 2.05) is 6.92 Å². The molecule has 1 aromatic heterocycles. The SMILES string of the molecule is CCCCCc1ccc(/C(C)=N/NC(=O)c2cccnc2)cc1. The summed E-state index contributed by atoms with van der Waals surface area (Å²) in [4.78, 5) is 15.8. The molecule has 4 nitrogen and oxygen atoms in total. The molecule has 1 aromatic carbocycles. The number of hydrazone groups is 1. The van der Waals surface area contributed by atoms with Gasteiger partial charge in [-0.2, -0.15) is 5.10 Å². The zero-order chi connectivity index (χ0) is 16.5. The van der Waals surface area contributed by atoms with Crippen LogP contribution in [0.15, 0.2) is 53.9 Å². The van der Waals surface area contributed by atoms with Crippen molar-refractivity contribution in [2.75, 3.05) is 0 Å². The molecule has 4 heteroatoms. The van der Waals surface area contributed by atoms with Crippen molar-refractivity contribution in [1.29, 1.82) is 0 Å². The molecule has 0 unspecified atom stereocenters.